The lowest BCUT2D eigenvalue weighted by Crippen LogP contribution is -2.39. The number of piperidine rings is 1. The summed E-state index contributed by atoms with van der Waals surface area (Å²) in [5.41, 5.74) is -0.103. The van der Waals surface area contributed by atoms with E-state index in [2.05, 4.69) is 0 Å². The summed E-state index contributed by atoms with van der Waals surface area (Å²) in [6.07, 6.45) is 3.09. The van der Waals surface area contributed by atoms with Crippen LogP contribution in [0.3, 0.4) is 0 Å². The van der Waals surface area contributed by atoms with Crippen LogP contribution < -0.4 is 0 Å². The molecule has 5 heteroatoms. The predicted molar refractivity (Wildman–Crippen MR) is 64.8 cm³/mol. The average molecular weight is 249 g/mol. The van der Waals surface area contributed by atoms with Gasteiger partial charge in [0.2, 0.25) is 10.0 Å². The molecule has 0 unspecified atom stereocenters. The molecule has 1 rings (SSSR count). The maximum Gasteiger partial charge on any atom is 0.211 e. The quantitative estimate of drug-likeness (QED) is 0.761. The largest absolute Gasteiger partial charge is 0.376 e. The van der Waals surface area contributed by atoms with Gasteiger partial charge in [0.15, 0.2) is 0 Å². The normalized spacial score (nSPS) is 21.2. The zero-order valence-electron chi connectivity index (χ0n) is 10.7. The van der Waals surface area contributed by atoms with E-state index in [0.29, 0.717) is 19.0 Å². The van der Waals surface area contributed by atoms with Crippen molar-refractivity contribution < 1.29 is 13.2 Å². The van der Waals surface area contributed by atoms with Crippen molar-refractivity contribution in [1.29, 1.82) is 0 Å². The van der Waals surface area contributed by atoms with Crippen LogP contribution in [0.4, 0.5) is 0 Å². The smallest absolute Gasteiger partial charge is 0.211 e. The number of sulfonamides is 1. The van der Waals surface area contributed by atoms with Gasteiger partial charge in [-0.3, -0.25) is 0 Å². The van der Waals surface area contributed by atoms with Crippen LogP contribution in [0, 0.1) is 5.92 Å². The molecule has 0 saturated carbocycles. The van der Waals surface area contributed by atoms with Crippen LogP contribution in [0.1, 0.15) is 33.6 Å². The van der Waals surface area contributed by atoms with Gasteiger partial charge < -0.3 is 4.74 Å². The van der Waals surface area contributed by atoms with Gasteiger partial charge in [0.05, 0.1) is 18.5 Å². The van der Waals surface area contributed by atoms with Crippen molar-refractivity contribution >= 4 is 10.0 Å². The Morgan fingerprint density at radius 3 is 2.12 bits per heavy atom. The first-order valence-corrected chi connectivity index (χ1v) is 7.62. The topological polar surface area (TPSA) is 46.6 Å². The summed E-state index contributed by atoms with van der Waals surface area (Å²) < 4.78 is 29.9. The lowest BCUT2D eigenvalue weighted by molar-refractivity contribution is -0.0293. The van der Waals surface area contributed by atoms with Crippen LogP contribution in [0.5, 0.6) is 0 Å². The van der Waals surface area contributed by atoms with Crippen molar-refractivity contribution in [3.05, 3.63) is 0 Å². The SMILES string of the molecule is CC(C)(C)OCC1CCN(S(C)(=O)=O)CC1. The fourth-order valence-electron chi connectivity index (χ4n) is 1.78. The summed E-state index contributed by atoms with van der Waals surface area (Å²) in [5.74, 6) is 0.497. The van der Waals surface area contributed by atoms with E-state index in [9.17, 15) is 8.42 Å². The zero-order valence-corrected chi connectivity index (χ0v) is 11.5. The molecule has 0 radical (unpaired) electrons. The molecule has 0 aromatic carbocycles. The number of hydrogen-bond acceptors (Lipinski definition) is 3. The Balaban J connectivity index is 2.33. The molecule has 0 N–H and O–H groups in total. The summed E-state index contributed by atoms with van der Waals surface area (Å²) in [6, 6.07) is 0. The molecule has 16 heavy (non-hydrogen) atoms. The molecule has 4 nitrogen and oxygen atoms in total. The van der Waals surface area contributed by atoms with Crippen molar-refractivity contribution in [2.75, 3.05) is 26.0 Å². The van der Waals surface area contributed by atoms with Crippen molar-refractivity contribution in [3.8, 4) is 0 Å². The highest BCUT2D eigenvalue weighted by atomic mass is 32.2. The van der Waals surface area contributed by atoms with Crippen molar-refractivity contribution in [3.63, 3.8) is 0 Å². The summed E-state index contributed by atoms with van der Waals surface area (Å²) in [7, 11) is -3.00. The predicted octanol–water partition coefficient (Wildman–Crippen LogP) is 1.47. The highest BCUT2D eigenvalue weighted by Gasteiger charge is 2.25. The van der Waals surface area contributed by atoms with Gasteiger partial charge in [-0.1, -0.05) is 0 Å². The van der Waals surface area contributed by atoms with Gasteiger partial charge in [-0.15, -0.1) is 0 Å². The molecule has 0 amide bonds. The Morgan fingerprint density at radius 1 is 1.25 bits per heavy atom. The molecule has 0 atom stereocenters. The lowest BCUT2D eigenvalue weighted by atomic mass is 9.99. The molecule has 0 aliphatic carbocycles. The maximum atomic E-state index is 11.3. The summed E-state index contributed by atoms with van der Waals surface area (Å²) in [4.78, 5) is 0. The van der Waals surface area contributed by atoms with Crippen LogP contribution in [0.25, 0.3) is 0 Å². The van der Waals surface area contributed by atoms with Gasteiger partial charge in [0.25, 0.3) is 0 Å². The van der Waals surface area contributed by atoms with E-state index in [-0.39, 0.29) is 5.60 Å². The van der Waals surface area contributed by atoms with E-state index >= 15 is 0 Å². The second-order valence-electron chi connectivity index (χ2n) is 5.53. The van der Waals surface area contributed by atoms with Gasteiger partial charge in [0.1, 0.15) is 0 Å². The van der Waals surface area contributed by atoms with Crippen molar-refractivity contribution in [2.24, 2.45) is 5.92 Å². The first-order valence-electron chi connectivity index (χ1n) is 5.77. The van der Waals surface area contributed by atoms with E-state index in [1.54, 1.807) is 4.31 Å². The minimum absolute atomic E-state index is 0.103. The third kappa shape index (κ3) is 4.80. The molecule has 0 bridgehead atoms. The van der Waals surface area contributed by atoms with Gasteiger partial charge in [-0.25, -0.2) is 12.7 Å². The Morgan fingerprint density at radius 2 is 1.75 bits per heavy atom. The Bertz CT molecular complexity index is 311. The molecule has 1 saturated heterocycles. The number of nitrogens with zero attached hydrogens (tertiary/aromatic N) is 1. The summed E-state index contributed by atoms with van der Waals surface area (Å²) in [5, 5.41) is 0. The maximum absolute atomic E-state index is 11.3. The fourth-order valence-corrected chi connectivity index (χ4v) is 2.65. The molecule has 1 heterocycles. The fraction of sp³-hybridized carbons (Fsp3) is 1.00. The van der Waals surface area contributed by atoms with Gasteiger partial charge in [-0.2, -0.15) is 0 Å². The Labute approximate surface area is 99.0 Å². The molecule has 0 aromatic rings. The average Bonchev–Trinajstić information content (AvgIpc) is 2.13. The van der Waals surface area contributed by atoms with Crippen LogP contribution in [0.15, 0.2) is 0 Å². The highest BCUT2D eigenvalue weighted by Crippen LogP contribution is 2.21. The number of rotatable bonds is 3. The summed E-state index contributed by atoms with van der Waals surface area (Å²) in [6.45, 7) is 8.13. The minimum atomic E-state index is -3.00. The molecule has 1 aliphatic heterocycles. The third-order valence-electron chi connectivity index (χ3n) is 2.79. The molecule has 96 valence electrons. The van der Waals surface area contributed by atoms with Crippen LogP contribution in [-0.4, -0.2) is 44.3 Å². The monoisotopic (exact) mass is 249 g/mol. The Kier molecular flexibility index (Phi) is 4.37. The highest BCUT2D eigenvalue weighted by molar-refractivity contribution is 7.88. The van der Waals surface area contributed by atoms with Crippen molar-refractivity contribution in [2.45, 2.75) is 39.2 Å². The molecular weight excluding hydrogens is 226 g/mol. The zero-order chi connectivity index (χ0) is 12.4. The first-order chi connectivity index (χ1) is 7.18. The molecule has 0 spiro atoms. The van der Waals surface area contributed by atoms with Crippen LogP contribution in [0.2, 0.25) is 0 Å². The van der Waals surface area contributed by atoms with Crippen LogP contribution >= 0.6 is 0 Å². The van der Waals surface area contributed by atoms with Gasteiger partial charge >= 0.3 is 0 Å². The third-order valence-corrected chi connectivity index (χ3v) is 4.10. The van der Waals surface area contributed by atoms with Gasteiger partial charge in [-0.05, 0) is 39.5 Å². The van der Waals surface area contributed by atoms with E-state index in [4.69, 9.17) is 4.74 Å². The van der Waals surface area contributed by atoms with E-state index < -0.39 is 10.0 Å². The minimum Gasteiger partial charge on any atom is -0.376 e. The molecular formula is C11H23NO3S. The number of hydrogen-bond donors (Lipinski definition) is 0. The van der Waals surface area contributed by atoms with Crippen molar-refractivity contribution in [1.82, 2.24) is 4.31 Å². The van der Waals surface area contributed by atoms with E-state index in [0.717, 1.165) is 19.4 Å². The number of ether oxygens (including phenoxy) is 1. The lowest BCUT2D eigenvalue weighted by Gasteiger charge is -2.31. The van der Waals surface area contributed by atoms with Gasteiger partial charge in [0, 0.05) is 13.1 Å². The van der Waals surface area contributed by atoms with E-state index in [1.807, 2.05) is 20.8 Å². The molecule has 0 aromatic heterocycles. The standard InChI is InChI=1S/C11H23NO3S/c1-11(2,3)15-9-10-5-7-12(8-6-10)16(4,13)14/h10H,5-9H2,1-4H3. The first kappa shape index (κ1) is 13.9. The second-order valence-corrected chi connectivity index (χ2v) is 7.51. The summed E-state index contributed by atoms with van der Waals surface area (Å²) >= 11 is 0. The second kappa shape index (κ2) is 5.02. The Hall–Kier alpha value is -0.130. The van der Waals surface area contributed by atoms with Crippen LogP contribution in [-0.2, 0) is 14.8 Å². The molecule has 1 aliphatic rings. The molecule has 1 fully saturated rings. The van der Waals surface area contributed by atoms with E-state index in [1.165, 1.54) is 6.26 Å².